The number of carbonyl (C=O) groups excluding carboxylic acids is 3. The predicted molar refractivity (Wildman–Crippen MR) is 88.4 cm³/mol. The third kappa shape index (κ3) is 6.16. The third-order valence-electron chi connectivity index (χ3n) is 3.03. The maximum Gasteiger partial charge on any atom is 0.224 e. The van der Waals surface area contributed by atoms with Gasteiger partial charge in [0.15, 0.2) is 0 Å². The van der Waals surface area contributed by atoms with Crippen molar-refractivity contribution < 1.29 is 14.4 Å². The summed E-state index contributed by atoms with van der Waals surface area (Å²) in [5, 5.41) is 3.41. The molecule has 1 amide bonds. The van der Waals surface area contributed by atoms with Crippen LogP contribution >= 0.6 is 23.2 Å². The lowest BCUT2D eigenvalue weighted by atomic mass is 9.87. The Morgan fingerprint density at radius 1 is 1.09 bits per heavy atom. The van der Waals surface area contributed by atoms with Crippen LogP contribution in [-0.4, -0.2) is 17.5 Å². The zero-order valence-electron chi connectivity index (χ0n) is 12.8. The van der Waals surface area contributed by atoms with Crippen LogP contribution in [0.3, 0.4) is 0 Å². The molecule has 0 aliphatic rings. The molecule has 0 aliphatic heterocycles. The molecule has 0 bridgehead atoms. The summed E-state index contributed by atoms with van der Waals surface area (Å²) in [4.78, 5) is 35.3. The van der Waals surface area contributed by atoms with Crippen molar-refractivity contribution in [3.05, 3.63) is 28.2 Å². The van der Waals surface area contributed by atoms with E-state index in [1.807, 2.05) is 0 Å². The molecular weight excluding hydrogens is 325 g/mol. The van der Waals surface area contributed by atoms with Crippen LogP contribution in [0.1, 0.15) is 40.0 Å². The molecule has 4 nitrogen and oxygen atoms in total. The fraction of sp³-hybridized carbons (Fsp3) is 0.438. The summed E-state index contributed by atoms with van der Waals surface area (Å²) in [6.07, 6.45) is -0.105. The molecule has 0 saturated carbocycles. The zero-order chi connectivity index (χ0) is 16.9. The van der Waals surface area contributed by atoms with Crippen molar-refractivity contribution in [2.24, 2.45) is 5.41 Å². The van der Waals surface area contributed by atoms with E-state index in [4.69, 9.17) is 23.2 Å². The van der Waals surface area contributed by atoms with E-state index in [1.54, 1.807) is 32.9 Å². The highest BCUT2D eigenvalue weighted by molar-refractivity contribution is 6.36. The van der Waals surface area contributed by atoms with Crippen LogP contribution in [0, 0.1) is 5.41 Å². The van der Waals surface area contributed by atoms with Crippen molar-refractivity contribution >= 4 is 46.4 Å². The number of anilines is 1. The molecule has 22 heavy (non-hydrogen) atoms. The van der Waals surface area contributed by atoms with Crippen molar-refractivity contribution in [2.75, 3.05) is 5.32 Å². The molecule has 0 atom stereocenters. The smallest absolute Gasteiger partial charge is 0.224 e. The van der Waals surface area contributed by atoms with E-state index in [2.05, 4.69) is 5.32 Å². The number of hydrogen-bond donors (Lipinski definition) is 1. The number of benzene rings is 1. The number of nitrogens with one attached hydrogen (secondary N) is 1. The van der Waals surface area contributed by atoms with Crippen molar-refractivity contribution in [2.45, 2.75) is 40.0 Å². The van der Waals surface area contributed by atoms with E-state index in [0.29, 0.717) is 15.7 Å². The quantitative estimate of drug-likeness (QED) is 0.783. The second kappa shape index (κ2) is 7.75. The molecule has 1 aromatic carbocycles. The van der Waals surface area contributed by atoms with Gasteiger partial charge in [-0.15, -0.1) is 0 Å². The number of Topliss-reactive ketones (excluding diaryl/α,β-unsaturated/α-hetero) is 2. The van der Waals surface area contributed by atoms with Crippen molar-refractivity contribution in [1.82, 2.24) is 0 Å². The summed E-state index contributed by atoms with van der Waals surface area (Å²) >= 11 is 11.7. The van der Waals surface area contributed by atoms with Gasteiger partial charge in [-0.25, -0.2) is 0 Å². The highest BCUT2D eigenvalue weighted by atomic mass is 35.5. The van der Waals surface area contributed by atoms with Gasteiger partial charge < -0.3 is 5.32 Å². The van der Waals surface area contributed by atoms with Crippen molar-refractivity contribution in [3.8, 4) is 0 Å². The molecular formula is C16H19Cl2NO3. The van der Waals surface area contributed by atoms with Gasteiger partial charge in [0, 0.05) is 23.3 Å². The monoisotopic (exact) mass is 343 g/mol. The molecule has 0 heterocycles. The lowest BCUT2D eigenvalue weighted by Crippen LogP contribution is -2.23. The minimum absolute atomic E-state index is 0.00914. The average molecular weight is 344 g/mol. The minimum Gasteiger partial charge on any atom is -0.325 e. The number of halogens is 2. The SMILES string of the molecule is CC(C)(C)C(=O)CC(=O)CCC(=O)Nc1ccc(Cl)cc1Cl. The Balaban J connectivity index is 2.46. The van der Waals surface area contributed by atoms with E-state index in [0.717, 1.165) is 0 Å². The second-order valence-corrected chi connectivity index (χ2v) is 6.90. The van der Waals surface area contributed by atoms with E-state index in [1.165, 1.54) is 6.07 Å². The first kappa shape index (κ1) is 18.7. The topological polar surface area (TPSA) is 63.2 Å². The Kier molecular flexibility index (Phi) is 6.57. The first-order valence-corrected chi connectivity index (χ1v) is 7.65. The largest absolute Gasteiger partial charge is 0.325 e. The number of rotatable bonds is 6. The van der Waals surface area contributed by atoms with Crippen LogP contribution < -0.4 is 5.32 Å². The van der Waals surface area contributed by atoms with Crippen LogP contribution in [0.2, 0.25) is 10.0 Å². The Hall–Kier alpha value is -1.39. The molecule has 6 heteroatoms. The van der Waals surface area contributed by atoms with Gasteiger partial charge in [-0.05, 0) is 18.2 Å². The van der Waals surface area contributed by atoms with Crippen LogP contribution in [0.25, 0.3) is 0 Å². The molecule has 0 unspecified atom stereocenters. The summed E-state index contributed by atoms with van der Waals surface area (Å²) in [5.41, 5.74) is -0.108. The molecule has 1 N–H and O–H groups in total. The van der Waals surface area contributed by atoms with Crippen LogP contribution in [0.15, 0.2) is 18.2 Å². The Bertz CT molecular complexity index is 592. The lowest BCUT2D eigenvalue weighted by molar-refractivity contribution is -0.132. The second-order valence-electron chi connectivity index (χ2n) is 6.06. The van der Waals surface area contributed by atoms with Gasteiger partial charge in [-0.1, -0.05) is 44.0 Å². The molecule has 1 rings (SSSR count). The maximum absolute atomic E-state index is 11.8. The first-order chi connectivity index (χ1) is 10.1. The standard InChI is InChI=1S/C16H19Cl2NO3/c1-16(2,3)14(21)9-11(20)5-7-15(22)19-13-6-4-10(17)8-12(13)18/h4,6,8H,5,7,9H2,1-3H3,(H,19,22). The number of ketones is 2. The van der Waals surface area contributed by atoms with Crippen LogP contribution in [0.4, 0.5) is 5.69 Å². The maximum atomic E-state index is 11.8. The fourth-order valence-electron chi connectivity index (χ4n) is 1.59. The Labute approximate surface area is 140 Å². The highest BCUT2D eigenvalue weighted by Crippen LogP contribution is 2.25. The molecule has 0 aliphatic carbocycles. The average Bonchev–Trinajstić information content (AvgIpc) is 2.38. The van der Waals surface area contributed by atoms with Gasteiger partial charge in [0.2, 0.25) is 5.91 Å². The number of carbonyl (C=O) groups is 3. The van der Waals surface area contributed by atoms with Gasteiger partial charge in [0.1, 0.15) is 11.6 Å². The molecule has 0 aromatic heterocycles. The summed E-state index contributed by atoms with van der Waals surface area (Å²) in [6.45, 7) is 5.29. The summed E-state index contributed by atoms with van der Waals surface area (Å²) < 4.78 is 0. The van der Waals surface area contributed by atoms with E-state index < -0.39 is 5.41 Å². The normalized spacial score (nSPS) is 11.1. The minimum atomic E-state index is -0.547. The Morgan fingerprint density at radius 2 is 1.73 bits per heavy atom. The third-order valence-corrected chi connectivity index (χ3v) is 3.58. The van der Waals surface area contributed by atoms with E-state index in [9.17, 15) is 14.4 Å². The van der Waals surface area contributed by atoms with Gasteiger partial charge in [-0.3, -0.25) is 14.4 Å². The molecule has 0 fully saturated rings. The van der Waals surface area contributed by atoms with Crippen molar-refractivity contribution in [1.29, 1.82) is 0 Å². The molecule has 0 spiro atoms. The fourth-order valence-corrected chi connectivity index (χ4v) is 2.04. The van der Waals surface area contributed by atoms with Gasteiger partial charge in [0.25, 0.3) is 0 Å². The lowest BCUT2D eigenvalue weighted by Gasteiger charge is -2.15. The highest BCUT2D eigenvalue weighted by Gasteiger charge is 2.23. The van der Waals surface area contributed by atoms with E-state index in [-0.39, 0.29) is 36.7 Å². The number of amides is 1. The summed E-state index contributed by atoms with van der Waals surface area (Å²) in [6, 6.07) is 4.72. The Morgan fingerprint density at radius 3 is 2.27 bits per heavy atom. The van der Waals surface area contributed by atoms with Gasteiger partial charge >= 0.3 is 0 Å². The van der Waals surface area contributed by atoms with Gasteiger partial charge in [0.05, 0.1) is 17.1 Å². The molecule has 0 radical (unpaired) electrons. The predicted octanol–water partition coefficient (Wildman–Crippen LogP) is 4.29. The van der Waals surface area contributed by atoms with E-state index >= 15 is 0 Å². The molecule has 120 valence electrons. The zero-order valence-corrected chi connectivity index (χ0v) is 14.3. The summed E-state index contributed by atoms with van der Waals surface area (Å²) in [5.74, 6) is -0.697. The van der Waals surface area contributed by atoms with Crippen molar-refractivity contribution in [3.63, 3.8) is 0 Å². The van der Waals surface area contributed by atoms with Crippen LogP contribution in [-0.2, 0) is 14.4 Å². The molecule has 0 saturated heterocycles. The van der Waals surface area contributed by atoms with Crippen LogP contribution in [0.5, 0.6) is 0 Å². The summed E-state index contributed by atoms with van der Waals surface area (Å²) in [7, 11) is 0. The van der Waals surface area contributed by atoms with Gasteiger partial charge in [-0.2, -0.15) is 0 Å². The first-order valence-electron chi connectivity index (χ1n) is 6.89. The number of hydrogen-bond acceptors (Lipinski definition) is 3. The molecule has 1 aromatic rings.